The lowest BCUT2D eigenvalue weighted by molar-refractivity contribution is 0.0657. The Morgan fingerprint density at radius 3 is 2.22 bits per heavy atom. The summed E-state index contributed by atoms with van der Waals surface area (Å²) in [6, 6.07) is 19.1. The van der Waals surface area contributed by atoms with Gasteiger partial charge in [0.1, 0.15) is 0 Å². The summed E-state index contributed by atoms with van der Waals surface area (Å²) >= 11 is 0. The van der Waals surface area contributed by atoms with Gasteiger partial charge < -0.3 is 15.4 Å². The maximum absolute atomic E-state index is 5.63. The number of hydrogen-bond acceptors (Lipinski definition) is 2. The Bertz CT molecular complexity index is 657. The minimum absolute atomic E-state index is 0. The van der Waals surface area contributed by atoms with Crippen LogP contribution in [-0.4, -0.2) is 25.7 Å². The molecule has 5 heteroatoms. The number of aliphatic imine (C=N–C) groups is 1. The van der Waals surface area contributed by atoms with Crippen LogP contribution in [0.5, 0.6) is 0 Å². The van der Waals surface area contributed by atoms with Gasteiger partial charge in [0.25, 0.3) is 0 Å². The minimum atomic E-state index is 0. The highest BCUT2D eigenvalue weighted by Crippen LogP contribution is 2.07. The van der Waals surface area contributed by atoms with Gasteiger partial charge in [-0.15, -0.1) is 24.0 Å². The van der Waals surface area contributed by atoms with Gasteiger partial charge in [-0.25, -0.2) is 0 Å². The minimum Gasteiger partial charge on any atom is -0.374 e. The summed E-state index contributed by atoms with van der Waals surface area (Å²) in [4.78, 5) is 4.29. The number of hydrogen-bond donors (Lipinski definition) is 2. The molecule has 27 heavy (non-hydrogen) atoms. The molecule has 4 nitrogen and oxygen atoms in total. The molecule has 0 atom stereocenters. The SMILES string of the molecule is CN=C(NCCCc1ccccc1)NCc1ccc(COC(C)C)cc1.I. The van der Waals surface area contributed by atoms with Crippen LogP contribution in [0.4, 0.5) is 0 Å². The van der Waals surface area contributed by atoms with Crippen LogP contribution in [0.25, 0.3) is 0 Å². The number of rotatable bonds is 9. The maximum Gasteiger partial charge on any atom is 0.191 e. The van der Waals surface area contributed by atoms with Crippen LogP contribution in [0.1, 0.15) is 37.0 Å². The molecule has 0 aromatic heterocycles. The lowest BCUT2D eigenvalue weighted by Gasteiger charge is -2.12. The smallest absolute Gasteiger partial charge is 0.191 e. The van der Waals surface area contributed by atoms with Crippen molar-refractivity contribution >= 4 is 29.9 Å². The molecule has 0 saturated heterocycles. The largest absolute Gasteiger partial charge is 0.374 e. The van der Waals surface area contributed by atoms with Crippen LogP contribution in [0.15, 0.2) is 59.6 Å². The number of guanidine groups is 1. The van der Waals surface area contributed by atoms with Crippen LogP contribution in [0, 0.1) is 0 Å². The van der Waals surface area contributed by atoms with Crippen LogP contribution in [0.3, 0.4) is 0 Å². The molecule has 2 aromatic carbocycles. The van der Waals surface area contributed by atoms with Gasteiger partial charge >= 0.3 is 0 Å². The zero-order valence-corrected chi connectivity index (χ0v) is 18.9. The van der Waals surface area contributed by atoms with Crippen LogP contribution in [0.2, 0.25) is 0 Å². The van der Waals surface area contributed by atoms with E-state index in [2.05, 4.69) is 84.1 Å². The summed E-state index contributed by atoms with van der Waals surface area (Å²) in [6.45, 7) is 6.42. The van der Waals surface area contributed by atoms with Crippen molar-refractivity contribution in [1.82, 2.24) is 10.6 Å². The zero-order valence-electron chi connectivity index (χ0n) is 16.6. The monoisotopic (exact) mass is 481 g/mol. The number of ether oxygens (including phenoxy) is 1. The van der Waals surface area contributed by atoms with Gasteiger partial charge in [-0.2, -0.15) is 0 Å². The van der Waals surface area contributed by atoms with Crippen molar-refractivity contribution in [1.29, 1.82) is 0 Å². The van der Waals surface area contributed by atoms with Gasteiger partial charge in [-0.05, 0) is 43.4 Å². The fourth-order valence-electron chi connectivity index (χ4n) is 2.57. The first-order valence-corrected chi connectivity index (χ1v) is 9.35. The Hall–Kier alpha value is -1.60. The van der Waals surface area contributed by atoms with E-state index in [9.17, 15) is 0 Å². The third kappa shape index (κ3) is 9.77. The molecule has 0 fully saturated rings. The number of benzene rings is 2. The topological polar surface area (TPSA) is 45.7 Å². The first-order valence-electron chi connectivity index (χ1n) is 9.35. The summed E-state index contributed by atoms with van der Waals surface area (Å²) in [7, 11) is 1.80. The molecule has 0 heterocycles. The Morgan fingerprint density at radius 1 is 0.926 bits per heavy atom. The molecule has 2 rings (SSSR count). The first-order chi connectivity index (χ1) is 12.7. The molecule has 148 valence electrons. The van der Waals surface area contributed by atoms with E-state index >= 15 is 0 Å². The molecular weight excluding hydrogens is 449 g/mol. The molecule has 0 amide bonds. The summed E-state index contributed by atoms with van der Waals surface area (Å²) in [6.07, 6.45) is 2.41. The van der Waals surface area contributed by atoms with Crippen molar-refractivity contribution in [3.8, 4) is 0 Å². The number of nitrogens with zero attached hydrogens (tertiary/aromatic N) is 1. The predicted molar refractivity (Wildman–Crippen MR) is 125 cm³/mol. The van der Waals surface area contributed by atoms with Gasteiger partial charge in [-0.3, -0.25) is 4.99 Å². The lowest BCUT2D eigenvalue weighted by Crippen LogP contribution is -2.37. The number of aryl methyl sites for hydroxylation is 1. The maximum atomic E-state index is 5.63. The molecule has 0 aliphatic rings. The highest BCUT2D eigenvalue weighted by atomic mass is 127. The molecule has 0 unspecified atom stereocenters. The molecule has 0 radical (unpaired) electrons. The summed E-state index contributed by atoms with van der Waals surface area (Å²) < 4.78 is 5.63. The first kappa shape index (κ1) is 23.4. The van der Waals surface area contributed by atoms with E-state index in [1.54, 1.807) is 7.05 Å². The average molecular weight is 481 g/mol. The summed E-state index contributed by atoms with van der Waals surface area (Å²) in [5.74, 6) is 0.838. The van der Waals surface area contributed by atoms with Gasteiger partial charge in [0, 0.05) is 20.1 Å². The van der Waals surface area contributed by atoms with Gasteiger partial charge in [0.2, 0.25) is 0 Å². The Kier molecular flexibility index (Phi) is 11.8. The lowest BCUT2D eigenvalue weighted by atomic mass is 10.1. The molecule has 2 N–H and O–H groups in total. The molecule has 0 aliphatic heterocycles. The quantitative estimate of drug-likeness (QED) is 0.240. The predicted octanol–water partition coefficient (Wildman–Crippen LogP) is 4.53. The highest BCUT2D eigenvalue weighted by Gasteiger charge is 2.00. The molecule has 0 aliphatic carbocycles. The van der Waals surface area contributed by atoms with Crippen molar-refractivity contribution in [3.63, 3.8) is 0 Å². The van der Waals surface area contributed by atoms with E-state index in [0.29, 0.717) is 6.61 Å². The van der Waals surface area contributed by atoms with E-state index in [1.807, 2.05) is 0 Å². The Morgan fingerprint density at radius 2 is 1.59 bits per heavy atom. The van der Waals surface area contributed by atoms with E-state index in [0.717, 1.165) is 31.9 Å². The fraction of sp³-hybridized carbons (Fsp3) is 0.409. The molecular formula is C22H32IN3O. The second-order valence-corrected chi connectivity index (χ2v) is 6.62. The summed E-state index contributed by atoms with van der Waals surface area (Å²) in [5.41, 5.74) is 3.80. The van der Waals surface area contributed by atoms with Crippen molar-refractivity contribution in [2.24, 2.45) is 4.99 Å². The van der Waals surface area contributed by atoms with Crippen molar-refractivity contribution in [2.75, 3.05) is 13.6 Å². The second kappa shape index (κ2) is 13.6. The van der Waals surface area contributed by atoms with E-state index in [-0.39, 0.29) is 30.1 Å². The van der Waals surface area contributed by atoms with Crippen molar-refractivity contribution in [2.45, 2.75) is 45.9 Å². The van der Waals surface area contributed by atoms with Crippen molar-refractivity contribution in [3.05, 3.63) is 71.3 Å². The van der Waals surface area contributed by atoms with Gasteiger partial charge in [0.15, 0.2) is 5.96 Å². The molecule has 2 aromatic rings. The zero-order chi connectivity index (χ0) is 18.6. The van der Waals surface area contributed by atoms with E-state index in [1.165, 1.54) is 16.7 Å². The van der Waals surface area contributed by atoms with Crippen LogP contribution < -0.4 is 10.6 Å². The third-order valence-electron chi connectivity index (χ3n) is 4.07. The highest BCUT2D eigenvalue weighted by molar-refractivity contribution is 14.0. The average Bonchev–Trinajstić information content (AvgIpc) is 2.67. The van der Waals surface area contributed by atoms with Gasteiger partial charge in [0.05, 0.1) is 12.7 Å². The molecule has 0 spiro atoms. The number of halogens is 1. The summed E-state index contributed by atoms with van der Waals surface area (Å²) in [5, 5.41) is 6.73. The normalized spacial score (nSPS) is 11.2. The Labute approximate surface area is 180 Å². The van der Waals surface area contributed by atoms with Crippen molar-refractivity contribution < 1.29 is 4.74 Å². The van der Waals surface area contributed by atoms with Crippen LogP contribution >= 0.6 is 24.0 Å². The number of nitrogens with one attached hydrogen (secondary N) is 2. The second-order valence-electron chi connectivity index (χ2n) is 6.62. The van der Waals surface area contributed by atoms with Crippen LogP contribution in [-0.2, 0) is 24.3 Å². The fourth-order valence-corrected chi connectivity index (χ4v) is 2.57. The molecule has 0 saturated carbocycles. The van der Waals surface area contributed by atoms with E-state index in [4.69, 9.17) is 4.74 Å². The standard InChI is InChI=1S/C22H31N3O.HI/c1-18(2)26-17-21-13-11-20(12-14-21)16-25-22(23-3)24-15-7-10-19-8-5-4-6-9-19;/h4-6,8-9,11-14,18H,7,10,15-17H2,1-3H3,(H2,23,24,25);1H. The third-order valence-corrected chi connectivity index (χ3v) is 4.07. The Balaban J connectivity index is 0.00000364. The van der Waals surface area contributed by atoms with E-state index < -0.39 is 0 Å². The van der Waals surface area contributed by atoms with Gasteiger partial charge in [-0.1, -0.05) is 54.6 Å². The molecule has 0 bridgehead atoms.